The van der Waals surface area contributed by atoms with Crippen molar-refractivity contribution in [2.45, 2.75) is 51.5 Å². The Labute approximate surface area is 205 Å². The molecule has 2 aliphatic rings. The Kier molecular flexibility index (Phi) is 6.61. The van der Waals surface area contributed by atoms with Gasteiger partial charge in [0.25, 0.3) is 0 Å². The molecular formula is C27H30FN5O2. The number of fused-ring (bicyclic) bond motifs is 1. The van der Waals surface area contributed by atoms with Gasteiger partial charge < -0.3 is 14.5 Å². The summed E-state index contributed by atoms with van der Waals surface area (Å²) in [6.07, 6.45) is 6.95. The first-order chi connectivity index (χ1) is 17.0. The molecule has 1 atom stereocenters. The molecule has 5 rings (SSSR count). The molecule has 1 amide bonds. The second-order valence-electron chi connectivity index (χ2n) is 9.11. The van der Waals surface area contributed by atoms with Gasteiger partial charge in [-0.3, -0.25) is 9.78 Å². The van der Waals surface area contributed by atoms with Crippen molar-refractivity contribution in [1.82, 2.24) is 15.0 Å². The number of carbonyl (C=O) groups excluding carboxylic acids is 1. The molecule has 1 fully saturated rings. The number of aryl methyl sites for hydroxylation is 1. The first kappa shape index (κ1) is 23.2. The Balaban J connectivity index is 1.47. The predicted octanol–water partition coefficient (Wildman–Crippen LogP) is 4.59. The number of pyridine rings is 1. The Morgan fingerprint density at radius 2 is 2.06 bits per heavy atom. The van der Waals surface area contributed by atoms with Crippen LogP contribution >= 0.6 is 0 Å². The number of piperidine rings is 1. The topological polar surface area (TPSA) is 71.5 Å². The first-order valence-corrected chi connectivity index (χ1v) is 12.3. The van der Waals surface area contributed by atoms with E-state index in [1.54, 1.807) is 23.2 Å². The Morgan fingerprint density at radius 3 is 2.89 bits per heavy atom. The van der Waals surface area contributed by atoms with Crippen LogP contribution in [0.5, 0.6) is 5.75 Å². The molecule has 0 bridgehead atoms. The number of halogens is 1. The maximum absolute atomic E-state index is 13.8. The molecule has 35 heavy (non-hydrogen) atoms. The quantitative estimate of drug-likeness (QED) is 0.498. The zero-order valence-electron chi connectivity index (χ0n) is 20.2. The second kappa shape index (κ2) is 9.98. The van der Waals surface area contributed by atoms with Crippen LogP contribution in [0.3, 0.4) is 0 Å². The number of rotatable bonds is 7. The zero-order valence-corrected chi connectivity index (χ0v) is 20.2. The molecule has 2 aromatic heterocycles. The van der Waals surface area contributed by atoms with Gasteiger partial charge in [0.2, 0.25) is 5.91 Å². The molecule has 1 aromatic carbocycles. The van der Waals surface area contributed by atoms with E-state index < -0.39 is 0 Å². The van der Waals surface area contributed by atoms with Crippen LogP contribution in [-0.4, -0.2) is 47.1 Å². The molecule has 0 saturated carbocycles. The highest BCUT2D eigenvalue weighted by molar-refractivity contribution is 5.99. The second-order valence-corrected chi connectivity index (χ2v) is 9.11. The van der Waals surface area contributed by atoms with E-state index in [1.165, 1.54) is 12.1 Å². The molecule has 3 heterocycles. The minimum atomic E-state index is -0.383. The largest absolute Gasteiger partial charge is 0.493 e. The number of nitrogens with zero attached hydrogens (tertiary/aromatic N) is 5. The number of carbonyl (C=O) groups is 1. The number of anilines is 2. The van der Waals surface area contributed by atoms with Gasteiger partial charge in [-0.1, -0.05) is 13.0 Å². The Morgan fingerprint density at radius 1 is 1.17 bits per heavy atom. The van der Waals surface area contributed by atoms with Crippen LogP contribution in [0.25, 0.3) is 11.5 Å². The molecule has 1 aliphatic heterocycles. The van der Waals surface area contributed by atoms with E-state index in [0.29, 0.717) is 36.8 Å². The van der Waals surface area contributed by atoms with Gasteiger partial charge >= 0.3 is 0 Å². The molecule has 7 nitrogen and oxygen atoms in total. The van der Waals surface area contributed by atoms with Gasteiger partial charge in [-0.2, -0.15) is 0 Å². The Bertz CT molecular complexity index is 1230. The number of hydrogen-bond acceptors (Lipinski definition) is 6. The van der Waals surface area contributed by atoms with Crippen molar-refractivity contribution in [3.63, 3.8) is 0 Å². The first-order valence-electron chi connectivity index (χ1n) is 12.3. The van der Waals surface area contributed by atoms with Crippen molar-refractivity contribution in [2.24, 2.45) is 0 Å². The fraction of sp³-hybridized carbons (Fsp3) is 0.407. The number of benzene rings is 1. The zero-order chi connectivity index (χ0) is 24.4. The summed E-state index contributed by atoms with van der Waals surface area (Å²) in [5.41, 5.74) is 3.36. The predicted molar refractivity (Wildman–Crippen MR) is 133 cm³/mol. The van der Waals surface area contributed by atoms with Crippen LogP contribution in [0.1, 0.15) is 43.9 Å². The van der Waals surface area contributed by atoms with Gasteiger partial charge in [0.1, 0.15) is 29.1 Å². The standard InChI is InChI=1S/C27H30FN5O2/c1-3-15-35-20-12-13-29-23(17-20)25-30-22-10-5-9-21(22)26(31-25)32(2)24-11-6-14-33(27(24)34)19-8-4-7-18(28)16-19/h4,7-8,12-13,16-17,24H,3,5-6,9-11,14-15H2,1-2H3/t24-/m0/s1. The third-order valence-corrected chi connectivity index (χ3v) is 6.68. The fourth-order valence-electron chi connectivity index (χ4n) is 4.93. The third kappa shape index (κ3) is 4.70. The van der Waals surface area contributed by atoms with Crippen molar-refractivity contribution < 1.29 is 13.9 Å². The van der Waals surface area contributed by atoms with E-state index in [9.17, 15) is 9.18 Å². The summed E-state index contributed by atoms with van der Waals surface area (Å²) in [4.78, 5) is 31.5. The van der Waals surface area contributed by atoms with Crippen molar-refractivity contribution in [2.75, 3.05) is 30.0 Å². The molecule has 1 saturated heterocycles. The summed E-state index contributed by atoms with van der Waals surface area (Å²) in [5, 5.41) is 0. The summed E-state index contributed by atoms with van der Waals surface area (Å²) < 4.78 is 19.6. The van der Waals surface area contributed by atoms with E-state index in [-0.39, 0.29) is 17.8 Å². The number of hydrogen-bond donors (Lipinski definition) is 0. The molecule has 1 aliphatic carbocycles. The van der Waals surface area contributed by atoms with E-state index >= 15 is 0 Å². The lowest BCUT2D eigenvalue weighted by atomic mass is 10.0. The number of amides is 1. The van der Waals surface area contributed by atoms with Gasteiger partial charge in [-0.15, -0.1) is 0 Å². The Hall–Kier alpha value is -3.55. The molecule has 0 unspecified atom stereocenters. The van der Waals surface area contributed by atoms with Crippen LogP contribution < -0.4 is 14.5 Å². The van der Waals surface area contributed by atoms with Crippen LogP contribution in [-0.2, 0) is 17.6 Å². The van der Waals surface area contributed by atoms with Crippen LogP contribution in [0.15, 0.2) is 42.6 Å². The smallest absolute Gasteiger partial charge is 0.249 e. The SMILES string of the molecule is CCCOc1ccnc(-c2nc3c(c(N(C)[C@H]4CCCN(c5cccc(F)c5)C4=O)n2)CCC3)c1. The summed E-state index contributed by atoms with van der Waals surface area (Å²) >= 11 is 0. The van der Waals surface area contributed by atoms with Crippen LogP contribution in [0, 0.1) is 5.82 Å². The summed E-state index contributed by atoms with van der Waals surface area (Å²) in [6, 6.07) is 9.55. The molecule has 0 spiro atoms. The van der Waals surface area contributed by atoms with E-state index in [2.05, 4.69) is 11.9 Å². The van der Waals surface area contributed by atoms with E-state index in [4.69, 9.17) is 14.7 Å². The van der Waals surface area contributed by atoms with Gasteiger partial charge in [0, 0.05) is 42.8 Å². The minimum absolute atomic E-state index is 0.0376. The monoisotopic (exact) mass is 475 g/mol. The highest BCUT2D eigenvalue weighted by Crippen LogP contribution is 2.34. The highest BCUT2D eigenvalue weighted by Gasteiger charge is 2.35. The molecular weight excluding hydrogens is 445 g/mol. The average molecular weight is 476 g/mol. The van der Waals surface area contributed by atoms with Crippen LogP contribution in [0.2, 0.25) is 0 Å². The van der Waals surface area contributed by atoms with E-state index in [0.717, 1.165) is 54.9 Å². The molecule has 0 N–H and O–H groups in total. The fourth-order valence-corrected chi connectivity index (χ4v) is 4.93. The third-order valence-electron chi connectivity index (χ3n) is 6.68. The van der Waals surface area contributed by atoms with Gasteiger partial charge in [0.05, 0.1) is 6.61 Å². The van der Waals surface area contributed by atoms with Crippen molar-refractivity contribution >= 4 is 17.4 Å². The molecule has 182 valence electrons. The summed E-state index contributed by atoms with van der Waals surface area (Å²) in [6.45, 7) is 3.28. The average Bonchev–Trinajstić information content (AvgIpc) is 3.36. The van der Waals surface area contributed by atoms with Crippen molar-refractivity contribution in [3.8, 4) is 17.3 Å². The maximum Gasteiger partial charge on any atom is 0.249 e. The maximum atomic E-state index is 13.8. The van der Waals surface area contributed by atoms with Crippen molar-refractivity contribution in [3.05, 3.63) is 59.7 Å². The number of likely N-dealkylation sites (N-methyl/N-ethyl adjacent to an activating group) is 1. The lowest BCUT2D eigenvalue weighted by Gasteiger charge is -2.38. The van der Waals surface area contributed by atoms with E-state index in [1.807, 2.05) is 24.1 Å². The summed E-state index contributed by atoms with van der Waals surface area (Å²) in [5.74, 6) is 1.68. The lowest BCUT2D eigenvalue weighted by Crippen LogP contribution is -2.52. The van der Waals surface area contributed by atoms with Gasteiger partial charge in [-0.25, -0.2) is 14.4 Å². The lowest BCUT2D eigenvalue weighted by molar-refractivity contribution is -0.120. The molecule has 8 heteroatoms. The highest BCUT2D eigenvalue weighted by atomic mass is 19.1. The van der Waals surface area contributed by atoms with Crippen molar-refractivity contribution in [1.29, 1.82) is 0 Å². The molecule has 0 radical (unpaired) electrons. The number of ether oxygens (including phenoxy) is 1. The normalized spacial score (nSPS) is 17.4. The minimum Gasteiger partial charge on any atom is -0.493 e. The van der Waals surface area contributed by atoms with Gasteiger partial charge in [-0.05, 0) is 62.8 Å². The number of aromatic nitrogens is 3. The summed E-state index contributed by atoms with van der Waals surface area (Å²) in [7, 11) is 1.93. The van der Waals surface area contributed by atoms with Crippen LogP contribution in [0.4, 0.5) is 15.9 Å². The van der Waals surface area contributed by atoms with Gasteiger partial charge in [0.15, 0.2) is 5.82 Å². The molecule has 3 aromatic rings.